The van der Waals surface area contributed by atoms with Crippen LogP contribution in [0.4, 0.5) is 11.4 Å². The highest BCUT2D eigenvalue weighted by atomic mass is 32.1. The molecule has 0 unspecified atom stereocenters. The average molecular weight is 320 g/mol. The van der Waals surface area contributed by atoms with Crippen molar-refractivity contribution in [1.29, 1.82) is 0 Å². The molecule has 118 valence electrons. The largest absolute Gasteiger partial charge is 0.497 e. The van der Waals surface area contributed by atoms with E-state index in [1.807, 2.05) is 43.8 Å². The third-order valence-electron chi connectivity index (χ3n) is 3.40. The summed E-state index contributed by atoms with van der Waals surface area (Å²) in [6.45, 7) is 3.92. The molecule has 0 saturated carbocycles. The Balaban J connectivity index is 2.18. The lowest BCUT2D eigenvalue weighted by Crippen LogP contribution is -2.20. The molecule has 0 bridgehead atoms. The van der Waals surface area contributed by atoms with Gasteiger partial charge in [0.15, 0.2) is 5.11 Å². The van der Waals surface area contributed by atoms with Gasteiger partial charge in [0, 0.05) is 13.1 Å². The van der Waals surface area contributed by atoms with Crippen molar-refractivity contribution >= 4 is 28.7 Å². The van der Waals surface area contributed by atoms with Gasteiger partial charge in [0.2, 0.25) is 0 Å². The van der Waals surface area contributed by atoms with Crippen LogP contribution in [0.2, 0.25) is 0 Å². The zero-order chi connectivity index (χ0) is 16.3. The molecule has 0 aliphatic heterocycles. The first kappa shape index (κ1) is 16.1. The van der Waals surface area contributed by atoms with Crippen molar-refractivity contribution in [2.24, 2.45) is 7.05 Å². The molecule has 22 heavy (non-hydrogen) atoms. The summed E-state index contributed by atoms with van der Waals surface area (Å²) in [4.78, 5) is 0. The molecule has 0 fully saturated rings. The number of aromatic nitrogens is 2. The summed E-state index contributed by atoms with van der Waals surface area (Å²) in [5.41, 5.74) is 3.54. The van der Waals surface area contributed by atoms with Gasteiger partial charge in [0.05, 0.1) is 37.0 Å². The highest BCUT2D eigenvalue weighted by Crippen LogP contribution is 2.29. The lowest BCUT2D eigenvalue weighted by atomic mass is 10.2. The Morgan fingerprint density at radius 2 is 1.91 bits per heavy atom. The minimum Gasteiger partial charge on any atom is -0.497 e. The zero-order valence-corrected chi connectivity index (χ0v) is 14.2. The van der Waals surface area contributed by atoms with E-state index < -0.39 is 0 Å². The molecule has 0 saturated heterocycles. The maximum atomic E-state index is 5.38. The van der Waals surface area contributed by atoms with Gasteiger partial charge in [-0.15, -0.1) is 0 Å². The Hall–Kier alpha value is -2.28. The van der Waals surface area contributed by atoms with E-state index in [1.165, 1.54) is 0 Å². The maximum absolute atomic E-state index is 5.38. The van der Waals surface area contributed by atoms with Crippen LogP contribution in [0.1, 0.15) is 11.4 Å². The number of aryl methyl sites for hydroxylation is 2. The number of ether oxygens (including phenoxy) is 2. The van der Waals surface area contributed by atoms with Crippen LogP contribution in [0.5, 0.6) is 11.5 Å². The summed E-state index contributed by atoms with van der Waals surface area (Å²) in [5, 5.41) is 11.1. The van der Waals surface area contributed by atoms with Gasteiger partial charge in [0.25, 0.3) is 0 Å². The molecule has 1 aromatic carbocycles. The molecule has 0 aliphatic rings. The molecule has 1 heterocycles. The van der Waals surface area contributed by atoms with E-state index in [4.69, 9.17) is 21.7 Å². The summed E-state index contributed by atoms with van der Waals surface area (Å²) in [6.07, 6.45) is 0. The van der Waals surface area contributed by atoms with E-state index in [1.54, 1.807) is 14.2 Å². The standard InChI is InChI=1S/C15H20N4O2S/c1-9-14(10(2)19(3)18-9)17-15(22)16-12-8-11(20-4)6-7-13(12)21-5/h6-8H,1-5H3,(H2,16,17,22). The van der Waals surface area contributed by atoms with Crippen LogP contribution in [-0.2, 0) is 7.05 Å². The van der Waals surface area contributed by atoms with Crippen molar-refractivity contribution in [2.45, 2.75) is 13.8 Å². The number of hydrogen-bond acceptors (Lipinski definition) is 4. The number of nitrogens with one attached hydrogen (secondary N) is 2. The lowest BCUT2D eigenvalue weighted by Gasteiger charge is -2.14. The summed E-state index contributed by atoms with van der Waals surface area (Å²) in [6, 6.07) is 5.48. The van der Waals surface area contributed by atoms with Crippen molar-refractivity contribution in [2.75, 3.05) is 24.9 Å². The third-order valence-corrected chi connectivity index (χ3v) is 3.61. The normalized spacial score (nSPS) is 10.2. The SMILES string of the molecule is COc1ccc(OC)c(NC(=S)Nc2c(C)nn(C)c2C)c1. The minimum absolute atomic E-state index is 0.464. The smallest absolute Gasteiger partial charge is 0.175 e. The maximum Gasteiger partial charge on any atom is 0.175 e. The van der Waals surface area contributed by atoms with Crippen LogP contribution in [-0.4, -0.2) is 29.1 Å². The fourth-order valence-electron chi connectivity index (χ4n) is 2.13. The predicted octanol–water partition coefficient (Wildman–Crippen LogP) is 2.86. The third kappa shape index (κ3) is 3.30. The van der Waals surface area contributed by atoms with Gasteiger partial charge in [-0.3, -0.25) is 4.68 Å². The molecular formula is C15H20N4O2S. The number of thiocarbonyl (C=S) groups is 1. The van der Waals surface area contributed by atoms with Gasteiger partial charge in [-0.1, -0.05) is 0 Å². The fraction of sp³-hybridized carbons (Fsp3) is 0.333. The first-order chi connectivity index (χ1) is 10.5. The van der Waals surface area contributed by atoms with Gasteiger partial charge in [-0.2, -0.15) is 5.10 Å². The summed E-state index contributed by atoms with van der Waals surface area (Å²) in [5.74, 6) is 1.41. The van der Waals surface area contributed by atoms with Crippen molar-refractivity contribution < 1.29 is 9.47 Å². The van der Waals surface area contributed by atoms with Crippen LogP contribution in [0, 0.1) is 13.8 Å². The first-order valence-electron chi connectivity index (χ1n) is 6.76. The molecule has 1 aromatic heterocycles. The van der Waals surface area contributed by atoms with E-state index in [0.717, 1.165) is 28.5 Å². The second kappa shape index (κ2) is 6.65. The average Bonchev–Trinajstić information content (AvgIpc) is 2.73. The Morgan fingerprint density at radius 1 is 1.18 bits per heavy atom. The van der Waals surface area contributed by atoms with Crippen molar-refractivity contribution in [3.8, 4) is 11.5 Å². The van der Waals surface area contributed by atoms with Crippen LogP contribution >= 0.6 is 12.2 Å². The highest BCUT2D eigenvalue weighted by molar-refractivity contribution is 7.80. The van der Waals surface area contributed by atoms with Crippen LogP contribution in [0.25, 0.3) is 0 Å². The Morgan fingerprint density at radius 3 is 2.45 bits per heavy atom. The quantitative estimate of drug-likeness (QED) is 0.845. The Labute approximate surface area is 135 Å². The number of nitrogens with zero attached hydrogens (tertiary/aromatic N) is 2. The minimum atomic E-state index is 0.464. The van der Waals surface area contributed by atoms with Gasteiger partial charge in [0.1, 0.15) is 11.5 Å². The van der Waals surface area contributed by atoms with Gasteiger partial charge in [-0.05, 0) is 38.2 Å². The van der Waals surface area contributed by atoms with Gasteiger partial charge in [-0.25, -0.2) is 0 Å². The summed E-state index contributed by atoms with van der Waals surface area (Å²) >= 11 is 5.38. The van der Waals surface area contributed by atoms with Crippen LogP contribution < -0.4 is 20.1 Å². The van der Waals surface area contributed by atoms with Gasteiger partial charge >= 0.3 is 0 Å². The number of hydrogen-bond donors (Lipinski definition) is 2. The Bertz CT molecular complexity index is 697. The second-order valence-electron chi connectivity index (χ2n) is 4.81. The summed E-state index contributed by atoms with van der Waals surface area (Å²) < 4.78 is 12.4. The van der Waals surface area contributed by atoms with E-state index in [0.29, 0.717) is 10.9 Å². The lowest BCUT2D eigenvalue weighted by molar-refractivity contribution is 0.405. The molecule has 0 aliphatic carbocycles. The molecule has 7 heteroatoms. The molecule has 0 atom stereocenters. The second-order valence-corrected chi connectivity index (χ2v) is 5.22. The van der Waals surface area contributed by atoms with Crippen LogP contribution in [0.3, 0.4) is 0 Å². The molecular weight excluding hydrogens is 300 g/mol. The molecule has 2 rings (SSSR count). The van der Waals surface area contributed by atoms with Gasteiger partial charge < -0.3 is 20.1 Å². The highest BCUT2D eigenvalue weighted by Gasteiger charge is 2.12. The fourth-order valence-corrected chi connectivity index (χ4v) is 2.35. The molecule has 2 N–H and O–H groups in total. The number of benzene rings is 1. The number of anilines is 2. The monoisotopic (exact) mass is 320 g/mol. The molecule has 0 radical (unpaired) electrons. The van der Waals surface area contributed by atoms with Crippen molar-refractivity contribution in [3.63, 3.8) is 0 Å². The number of methoxy groups -OCH3 is 2. The van der Waals surface area contributed by atoms with Crippen LogP contribution in [0.15, 0.2) is 18.2 Å². The number of rotatable bonds is 4. The molecule has 0 amide bonds. The van der Waals surface area contributed by atoms with Crippen molar-refractivity contribution in [1.82, 2.24) is 9.78 Å². The van der Waals surface area contributed by atoms with E-state index in [2.05, 4.69) is 15.7 Å². The van der Waals surface area contributed by atoms with E-state index in [9.17, 15) is 0 Å². The zero-order valence-electron chi connectivity index (χ0n) is 13.4. The molecule has 2 aromatic rings. The molecule has 6 nitrogen and oxygen atoms in total. The van der Waals surface area contributed by atoms with Crippen molar-refractivity contribution in [3.05, 3.63) is 29.6 Å². The topological polar surface area (TPSA) is 60.3 Å². The first-order valence-corrected chi connectivity index (χ1v) is 7.17. The van der Waals surface area contributed by atoms with E-state index in [-0.39, 0.29) is 0 Å². The predicted molar refractivity (Wildman–Crippen MR) is 92.1 cm³/mol. The molecule has 0 spiro atoms. The van der Waals surface area contributed by atoms with E-state index >= 15 is 0 Å². The summed E-state index contributed by atoms with van der Waals surface area (Å²) in [7, 11) is 5.12. The Kier molecular flexibility index (Phi) is 4.87.